The van der Waals surface area contributed by atoms with Gasteiger partial charge in [-0.05, 0) is 43.2 Å². The van der Waals surface area contributed by atoms with Crippen LogP contribution in [0.25, 0.3) is 0 Å². The Morgan fingerprint density at radius 2 is 1.94 bits per heavy atom. The lowest BCUT2D eigenvalue weighted by Gasteiger charge is -2.32. The van der Waals surface area contributed by atoms with Crippen molar-refractivity contribution in [1.29, 1.82) is 0 Å². The third kappa shape index (κ3) is 5.50. The number of para-hydroxylation sites is 1. The smallest absolute Gasteiger partial charge is 0.267 e. The fourth-order valence-electron chi connectivity index (χ4n) is 3.48. The van der Waals surface area contributed by atoms with Crippen LogP contribution in [0.4, 0.5) is 22.5 Å². The number of hydrogen-bond donors (Lipinski definition) is 3. The van der Waals surface area contributed by atoms with E-state index in [0.29, 0.717) is 28.2 Å². The summed E-state index contributed by atoms with van der Waals surface area (Å²) in [5.74, 6) is 1.08. The summed E-state index contributed by atoms with van der Waals surface area (Å²) in [6, 6.07) is 15.0. The molecule has 1 fully saturated rings. The van der Waals surface area contributed by atoms with E-state index in [1.165, 1.54) is 17.4 Å². The molecule has 3 heterocycles. The van der Waals surface area contributed by atoms with Gasteiger partial charge < -0.3 is 20.9 Å². The van der Waals surface area contributed by atoms with E-state index >= 15 is 0 Å². The first kappa shape index (κ1) is 21.5. The summed E-state index contributed by atoms with van der Waals surface area (Å²) < 4.78 is 0. The van der Waals surface area contributed by atoms with E-state index in [-0.39, 0.29) is 17.9 Å². The van der Waals surface area contributed by atoms with Crippen molar-refractivity contribution in [2.45, 2.75) is 18.9 Å². The summed E-state index contributed by atoms with van der Waals surface area (Å²) in [7, 11) is 0. The molecule has 32 heavy (non-hydrogen) atoms. The molecular formula is C23H24N6O2S. The number of thiazole rings is 1. The van der Waals surface area contributed by atoms with Crippen molar-refractivity contribution in [3.63, 3.8) is 0 Å². The lowest BCUT2D eigenvalue weighted by atomic mass is 10.1. The highest BCUT2D eigenvalue weighted by atomic mass is 32.1. The molecule has 0 unspecified atom stereocenters. The van der Waals surface area contributed by atoms with Gasteiger partial charge in [-0.2, -0.15) is 0 Å². The molecule has 3 N–H and O–H groups in total. The molecular weight excluding hydrogens is 424 g/mol. The van der Waals surface area contributed by atoms with Gasteiger partial charge in [-0.15, -0.1) is 0 Å². The molecule has 3 aromatic rings. The molecule has 1 saturated heterocycles. The number of nitrogens with zero attached hydrogens (tertiary/aromatic N) is 3. The Kier molecular flexibility index (Phi) is 6.76. The molecule has 0 radical (unpaired) electrons. The Bertz CT molecular complexity index is 1100. The molecule has 9 heteroatoms. The standard InChI is InChI=1S/C23H24N6O2S/c1-2-21(30)29-13-7-10-17(15-29)25-19-11-6-12-20(27-19)28-23-24-14-18(32-23)22(31)26-16-8-4-3-5-9-16/h2-6,8-9,11-12,14,17H,1,7,10,13,15H2,(H,26,31)(H2,24,25,27,28)/t17-/m0/s1. The first-order chi connectivity index (χ1) is 15.6. The number of carbonyl (C=O) groups excluding carboxylic acids is 2. The lowest BCUT2D eigenvalue weighted by molar-refractivity contribution is -0.127. The Morgan fingerprint density at radius 1 is 1.12 bits per heavy atom. The molecule has 0 spiro atoms. The van der Waals surface area contributed by atoms with E-state index in [9.17, 15) is 9.59 Å². The van der Waals surface area contributed by atoms with Crippen molar-refractivity contribution < 1.29 is 9.59 Å². The fourth-order valence-corrected chi connectivity index (χ4v) is 4.20. The number of anilines is 4. The second kappa shape index (κ2) is 10.1. The zero-order valence-corrected chi connectivity index (χ0v) is 18.3. The van der Waals surface area contributed by atoms with Crippen molar-refractivity contribution in [3.05, 3.63) is 72.3 Å². The van der Waals surface area contributed by atoms with Gasteiger partial charge in [-0.25, -0.2) is 9.97 Å². The summed E-state index contributed by atoms with van der Waals surface area (Å²) in [6.45, 7) is 4.94. The van der Waals surface area contributed by atoms with Gasteiger partial charge in [0.15, 0.2) is 5.13 Å². The van der Waals surface area contributed by atoms with Gasteiger partial charge in [0.1, 0.15) is 16.5 Å². The minimum absolute atomic E-state index is 0.0456. The maximum absolute atomic E-state index is 12.4. The molecule has 1 atom stereocenters. The van der Waals surface area contributed by atoms with Crippen molar-refractivity contribution in [3.8, 4) is 0 Å². The average Bonchev–Trinajstić information content (AvgIpc) is 3.28. The molecule has 1 aromatic carbocycles. The Balaban J connectivity index is 1.36. The summed E-state index contributed by atoms with van der Waals surface area (Å²) in [5, 5.41) is 9.99. The predicted octanol–water partition coefficient (Wildman–Crippen LogP) is 4.12. The number of likely N-dealkylation sites (tertiary alicyclic amines) is 1. The van der Waals surface area contributed by atoms with Crippen molar-refractivity contribution >= 4 is 45.6 Å². The number of benzene rings is 1. The predicted molar refractivity (Wildman–Crippen MR) is 127 cm³/mol. The van der Waals surface area contributed by atoms with Gasteiger partial charge in [0.05, 0.1) is 6.20 Å². The molecule has 0 bridgehead atoms. The number of piperidine rings is 1. The van der Waals surface area contributed by atoms with Crippen LogP contribution in [0.15, 0.2) is 67.4 Å². The minimum Gasteiger partial charge on any atom is -0.365 e. The van der Waals surface area contributed by atoms with Crippen LogP contribution in [-0.2, 0) is 4.79 Å². The van der Waals surface area contributed by atoms with Gasteiger partial charge in [-0.1, -0.05) is 42.2 Å². The molecule has 4 rings (SSSR count). The second-order valence-electron chi connectivity index (χ2n) is 7.35. The highest BCUT2D eigenvalue weighted by molar-refractivity contribution is 7.17. The normalized spacial score (nSPS) is 15.6. The van der Waals surface area contributed by atoms with E-state index < -0.39 is 0 Å². The molecule has 1 aliphatic rings. The van der Waals surface area contributed by atoms with Crippen LogP contribution in [0.5, 0.6) is 0 Å². The summed E-state index contributed by atoms with van der Waals surface area (Å²) in [4.78, 5) is 35.5. The van der Waals surface area contributed by atoms with E-state index in [2.05, 4.69) is 32.5 Å². The van der Waals surface area contributed by atoms with Crippen LogP contribution in [0.1, 0.15) is 22.5 Å². The third-order valence-corrected chi connectivity index (χ3v) is 5.92. The average molecular weight is 449 g/mol. The number of hydrogen-bond acceptors (Lipinski definition) is 7. The topological polar surface area (TPSA) is 99.3 Å². The fraction of sp³-hybridized carbons (Fsp3) is 0.217. The molecule has 0 saturated carbocycles. The number of nitrogens with one attached hydrogen (secondary N) is 3. The minimum atomic E-state index is -0.207. The van der Waals surface area contributed by atoms with Crippen LogP contribution < -0.4 is 16.0 Å². The summed E-state index contributed by atoms with van der Waals surface area (Å²) in [6.07, 6.45) is 4.79. The molecule has 2 amide bonds. The number of rotatable bonds is 7. The first-order valence-corrected chi connectivity index (χ1v) is 11.2. The van der Waals surface area contributed by atoms with Gasteiger partial charge in [-0.3, -0.25) is 9.59 Å². The van der Waals surface area contributed by atoms with Crippen LogP contribution in [0.2, 0.25) is 0 Å². The maximum atomic E-state index is 12.4. The number of amides is 2. The first-order valence-electron chi connectivity index (χ1n) is 10.3. The highest BCUT2D eigenvalue weighted by Gasteiger charge is 2.22. The van der Waals surface area contributed by atoms with Gasteiger partial charge in [0.2, 0.25) is 5.91 Å². The van der Waals surface area contributed by atoms with Crippen LogP contribution in [0, 0.1) is 0 Å². The van der Waals surface area contributed by atoms with Crippen molar-refractivity contribution in [2.75, 3.05) is 29.0 Å². The second-order valence-corrected chi connectivity index (χ2v) is 8.39. The molecule has 0 aliphatic carbocycles. The summed E-state index contributed by atoms with van der Waals surface area (Å²) in [5.41, 5.74) is 0.733. The highest BCUT2D eigenvalue weighted by Crippen LogP contribution is 2.24. The number of pyridine rings is 1. The maximum Gasteiger partial charge on any atom is 0.267 e. The van der Waals surface area contributed by atoms with E-state index in [1.54, 1.807) is 11.1 Å². The molecule has 164 valence electrons. The van der Waals surface area contributed by atoms with Crippen LogP contribution in [0.3, 0.4) is 0 Å². The Labute approximate surface area is 190 Å². The van der Waals surface area contributed by atoms with E-state index in [0.717, 1.165) is 25.1 Å². The number of aromatic nitrogens is 2. The SMILES string of the molecule is C=CC(=O)N1CCC[C@H](Nc2cccc(Nc3ncc(C(=O)Nc4ccccc4)s3)n2)C1. The monoisotopic (exact) mass is 448 g/mol. The zero-order valence-electron chi connectivity index (χ0n) is 17.5. The number of carbonyl (C=O) groups is 2. The lowest BCUT2D eigenvalue weighted by Crippen LogP contribution is -2.44. The quantitative estimate of drug-likeness (QED) is 0.470. The van der Waals surface area contributed by atoms with E-state index in [4.69, 9.17) is 0 Å². The third-order valence-electron chi connectivity index (χ3n) is 5.00. The summed E-state index contributed by atoms with van der Waals surface area (Å²) >= 11 is 1.25. The van der Waals surface area contributed by atoms with E-state index in [1.807, 2.05) is 48.5 Å². The Hall–Kier alpha value is -3.72. The van der Waals surface area contributed by atoms with Crippen molar-refractivity contribution in [1.82, 2.24) is 14.9 Å². The van der Waals surface area contributed by atoms with Gasteiger partial charge in [0, 0.05) is 24.8 Å². The van der Waals surface area contributed by atoms with Gasteiger partial charge in [0.25, 0.3) is 5.91 Å². The Morgan fingerprint density at radius 3 is 2.75 bits per heavy atom. The van der Waals surface area contributed by atoms with Crippen molar-refractivity contribution in [2.24, 2.45) is 0 Å². The largest absolute Gasteiger partial charge is 0.365 e. The molecule has 2 aromatic heterocycles. The molecule has 1 aliphatic heterocycles. The van der Waals surface area contributed by atoms with Crippen LogP contribution >= 0.6 is 11.3 Å². The van der Waals surface area contributed by atoms with Crippen LogP contribution in [-0.4, -0.2) is 45.8 Å². The zero-order chi connectivity index (χ0) is 22.3. The molecule has 8 nitrogen and oxygen atoms in total. The van der Waals surface area contributed by atoms with Gasteiger partial charge >= 0.3 is 0 Å².